The molecule has 4 heteroatoms. The molecule has 0 amide bonds. The van der Waals surface area contributed by atoms with Crippen molar-refractivity contribution in [1.29, 1.82) is 0 Å². The molecule has 1 atom stereocenters. The summed E-state index contributed by atoms with van der Waals surface area (Å²) in [6.07, 6.45) is 0. The zero-order valence-electron chi connectivity index (χ0n) is 7.10. The van der Waals surface area contributed by atoms with Crippen LogP contribution in [0.4, 0.5) is 8.78 Å². The van der Waals surface area contributed by atoms with Gasteiger partial charge in [0.1, 0.15) is 0 Å². The number of halogens is 3. The smallest absolute Gasteiger partial charge is 0.287 e. The predicted octanol–water partition coefficient (Wildman–Crippen LogP) is 2.89. The summed E-state index contributed by atoms with van der Waals surface area (Å²) in [5, 5.41) is 0. The van der Waals surface area contributed by atoms with Crippen LogP contribution in [0.1, 0.15) is 12.5 Å². The van der Waals surface area contributed by atoms with Gasteiger partial charge in [0.15, 0.2) is 0 Å². The SMILES string of the molecule is CC(N)C(F)(F)c1cccc(Br)c1. The van der Waals surface area contributed by atoms with Gasteiger partial charge in [0.2, 0.25) is 0 Å². The minimum atomic E-state index is -2.97. The van der Waals surface area contributed by atoms with Crippen molar-refractivity contribution in [2.45, 2.75) is 18.9 Å². The fourth-order valence-electron chi connectivity index (χ4n) is 0.959. The van der Waals surface area contributed by atoms with E-state index in [1.165, 1.54) is 19.1 Å². The molecule has 0 saturated heterocycles. The maximum absolute atomic E-state index is 13.3. The van der Waals surface area contributed by atoms with E-state index >= 15 is 0 Å². The molecule has 0 fully saturated rings. The van der Waals surface area contributed by atoms with Crippen molar-refractivity contribution >= 4 is 15.9 Å². The molecular formula is C9H10BrF2N. The summed E-state index contributed by atoms with van der Waals surface area (Å²) in [5.74, 6) is -2.97. The molecule has 1 aromatic carbocycles. The average Bonchev–Trinajstić information content (AvgIpc) is 2.04. The Morgan fingerprint density at radius 1 is 1.46 bits per heavy atom. The van der Waals surface area contributed by atoms with Crippen LogP contribution in [0.25, 0.3) is 0 Å². The standard InChI is InChI=1S/C9H10BrF2N/c1-6(13)9(11,12)7-3-2-4-8(10)5-7/h2-6H,13H2,1H3. The number of nitrogens with two attached hydrogens (primary N) is 1. The van der Waals surface area contributed by atoms with Crippen LogP contribution in [0.5, 0.6) is 0 Å². The third-order valence-corrected chi connectivity index (χ3v) is 2.27. The van der Waals surface area contributed by atoms with E-state index in [-0.39, 0.29) is 5.56 Å². The monoisotopic (exact) mass is 249 g/mol. The molecule has 2 N–H and O–H groups in total. The Morgan fingerprint density at radius 3 is 2.54 bits per heavy atom. The molecule has 0 spiro atoms. The molecule has 0 aromatic heterocycles. The number of benzene rings is 1. The Labute approximate surface area is 84.1 Å². The zero-order chi connectivity index (χ0) is 10.1. The molecule has 0 aliphatic carbocycles. The van der Waals surface area contributed by atoms with Crippen LogP contribution in [-0.2, 0) is 5.92 Å². The molecule has 1 nitrogen and oxygen atoms in total. The topological polar surface area (TPSA) is 26.0 Å². The van der Waals surface area contributed by atoms with Gasteiger partial charge in [-0.1, -0.05) is 28.1 Å². The van der Waals surface area contributed by atoms with Gasteiger partial charge in [-0.25, -0.2) is 0 Å². The molecular weight excluding hydrogens is 240 g/mol. The molecule has 1 unspecified atom stereocenters. The van der Waals surface area contributed by atoms with E-state index in [2.05, 4.69) is 15.9 Å². The highest BCUT2D eigenvalue weighted by Gasteiger charge is 2.35. The van der Waals surface area contributed by atoms with Gasteiger partial charge in [-0.2, -0.15) is 8.78 Å². The maximum atomic E-state index is 13.3. The molecule has 0 aliphatic heterocycles. The van der Waals surface area contributed by atoms with Crippen molar-refractivity contribution in [3.05, 3.63) is 34.3 Å². The fourth-order valence-corrected chi connectivity index (χ4v) is 1.36. The van der Waals surface area contributed by atoms with Crippen molar-refractivity contribution < 1.29 is 8.78 Å². The maximum Gasteiger partial charge on any atom is 0.287 e. The Morgan fingerprint density at radius 2 is 2.08 bits per heavy atom. The van der Waals surface area contributed by atoms with E-state index in [0.29, 0.717) is 4.47 Å². The van der Waals surface area contributed by atoms with Gasteiger partial charge in [0.25, 0.3) is 5.92 Å². The van der Waals surface area contributed by atoms with Gasteiger partial charge < -0.3 is 5.73 Å². The lowest BCUT2D eigenvalue weighted by Crippen LogP contribution is -2.35. The quantitative estimate of drug-likeness (QED) is 0.858. The highest BCUT2D eigenvalue weighted by molar-refractivity contribution is 9.10. The van der Waals surface area contributed by atoms with E-state index in [1.54, 1.807) is 12.1 Å². The molecule has 0 radical (unpaired) electrons. The van der Waals surface area contributed by atoms with Crippen molar-refractivity contribution in [3.63, 3.8) is 0 Å². The summed E-state index contributed by atoms with van der Waals surface area (Å²) in [7, 11) is 0. The second-order valence-electron chi connectivity index (χ2n) is 2.92. The van der Waals surface area contributed by atoms with Gasteiger partial charge >= 0.3 is 0 Å². The summed E-state index contributed by atoms with van der Waals surface area (Å²) in [5.41, 5.74) is 5.13. The molecule has 0 heterocycles. The predicted molar refractivity (Wildman–Crippen MR) is 51.7 cm³/mol. The second kappa shape index (κ2) is 3.72. The molecule has 1 rings (SSSR count). The summed E-state index contributed by atoms with van der Waals surface area (Å²) >= 11 is 3.13. The zero-order valence-corrected chi connectivity index (χ0v) is 8.68. The van der Waals surface area contributed by atoms with Gasteiger partial charge in [-0.05, 0) is 19.1 Å². The molecule has 0 saturated carbocycles. The van der Waals surface area contributed by atoms with E-state index in [1.807, 2.05) is 0 Å². The molecule has 1 aromatic rings. The van der Waals surface area contributed by atoms with Crippen LogP contribution in [-0.4, -0.2) is 6.04 Å². The second-order valence-corrected chi connectivity index (χ2v) is 3.84. The van der Waals surface area contributed by atoms with Crippen LogP contribution in [0.3, 0.4) is 0 Å². The van der Waals surface area contributed by atoms with Crippen molar-refractivity contribution in [3.8, 4) is 0 Å². The lowest BCUT2D eigenvalue weighted by atomic mass is 10.0. The highest BCUT2D eigenvalue weighted by atomic mass is 79.9. The van der Waals surface area contributed by atoms with Crippen LogP contribution in [0.2, 0.25) is 0 Å². The Bertz CT molecular complexity index is 299. The van der Waals surface area contributed by atoms with Gasteiger partial charge in [-0.15, -0.1) is 0 Å². The van der Waals surface area contributed by atoms with Crippen LogP contribution < -0.4 is 5.73 Å². The van der Waals surface area contributed by atoms with E-state index < -0.39 is 12.0 Å². The normalized spacial score (nSPS) is 14.2. The number of alkyl halides is 2. The van der Waals surface area contributed by atoms with Gasteiger partial charge in [0, 0.05) is 10.0 Å². The number of hydrogen-bond donors (Lipinski definition) is 1. The molecule has 0 aliphatic rings. The van der Waals surface area contributed by atoms with Crippen molar-refractivity contribution in [2.24, 2.45) is 5.73 Å². The third-order valence-electron chi connectivity index (χ3n) is 1.78. The third kappa shape index (κ3) is 2.25. The summed E-state index contributed by atoms with van der Waals surface area (Å²) in [4.78, 5) is 0. The Hall–Kier alpha value is -0.480. The summed E-state index contributed by atoms with van der Waals surface area (Å²) < 4.78 is 27.3. The minimum Gasteiger partial charge on any atom is -0.323 e. The first kappa shape index (κ1) is 10.6. The first-order valence-electron chi connectivity index (χ1n) is 3.84. The largest absolute Gasteiger partial charge is 0.323 e. The minimum absolute atomic E-state index is 0.0584. The molecule has 72 valence electrons. The van der Waals surface area contributed by atoms with Crippen molar-refractivity contribution in [1.82, 2.24) is 0 Å². The number of hydrogen-bond acceptors (Lipinski definition) is 1. The van der Waals surface area contributed by atoms with Crippen LogP contribution >= 0.6 is 15.9 Å². The van der Waals surface area contributed by atoms with E-state index in [0.717, 1.165) is 0 Å². The molecule has 13 heavy (non-hydrogen) atoms. The van der Waals surface area contributed by atoms with Gasteiger partial charge in [0.05, 0.1) is 6.04 Å². The average molecular weight is 250 g/mol. The first-order valence-corrected chi connectivity index (χ1v) is 4.63. The van der Waals surface area contributed by atoms with Crippen LogP contribution in [0.15, 0.2) is 28.7 Å². The highest BCUT2D eigenvalue weighted by Crippen LogP contribution is 2.31. The van der Waals surface area contributed by atoms with E-state index in [9.17, 15) is 8.78 Å². The van der Waals surface area contributed by atoms with Gasteiger partial charge in [-0.3, -0.25) is 0 Å². The van der Waals surface area contributed by atoms with Crippen molar-refractivity contribution in [2.75, 3.05) is 0 Å². The summed E-state index contributed by atoms with van der Waals surface area (Å²) in [6.45, 7) is 1.29. The molecule has 0 bridgehead atoms. The lowest BCUT2D eigenvalue weighted by molar-refractivity contribution is -0.0257. The summed E-state index contributed by atoms with van der Waals surface area (Å²) in [6, 6.07) is 4.83. The Balaban J connectivity index is 3.07. The fraction of sp³-hybridized carbons (Fsp3) is 0.333. The lowest BCUT2D eigenvalue weighted by Gasteiger charge is -2.20. The first-order chi connectivity index (χ1) is 5.94. The number of rotatable bonds is 2. The van der Waals surface area contributed by atoms with E-state index in [4.69, 9.17) is 5.73 Å². The van der Waals surface area contributed by atoms with Crippen LogP contribution in [0, 0.1) is 0 Å². The Kier molecular flexibility index (Phi) is 3.03.